The van der Waals surface area contributed by atoms with Gasteiger partial charge in [-0.25, -0.2) is 4.79 Å². The van der Waals surface area contributed by atoms with Crippen LogP contribution in [-0.2, 0) is 4.74 Å². The maximum atomic E-state index is 12.0. The van der Waals surface area contributed by atoms with Crippen LogP contribution in [-0.4, -0.2) is 24.2 Å². The number of nitrogens with one attached hydrogen (secondary N) is 1. The number of nitrogens with zero attached hydrogens (tertiary/aromatic N) is 1. The molecule has 0 aliphatic heterocycles. The average Bonchev–Trinajstić information content (AvgIpc) is 2.69. The molecule has 0 atom stereocenters. The molecule has 5 nitrogen and oxygen atoms in total. The maximum Gasteiger partial charge on any atom is 0.338 e. The molecule has 0 bridgehead atoms. The van der Waals surface area contributed by atoms with Crippen LogP contribution >= 0.6 is 0 Å². The number of hydrogen-bond donors (Lipinski definition) is 1. The van der Waals surface area contributed by atoms with Crippen LogP contribution in [0.4, 0.5) is 11.4 Å². The minimum absolute atomic E-state index is 0.286. The van der Waals surface area contributed by atoms with Crippen molar-refractivity contribution in [3.63, 3.8) is 0 Å². The summed E-state index contributed by atoms with van der Waals surface area (Å²) in [5, 5.41) is 4.41. The maximum absolute atomic E-state index is 12.0. The number of carbonyl (C=O) groups is 1. The lowest BCUT2D eigenvalue weighted by atomic mass is 10.1. The zero-order valence-corrected chi connectivity index (χ0v) is 16.6. The monoisotopic (exact) mass is 378 g/mol. The van der Waals surface area contributed by atoms with Crippen molar-refractivity contribution in [2.24, 2.45) is 0 Å². The van der Waals surface area contributed by atoms with E-state index < -0.39 is 0 Å². The summed E-state index contributed by atoms with van der Waals surface area (Å²) in [5.74, 6) is 0.528. The highest BCUT2D eigenvalue weighted by Gasteiger charge is 2.09. The van der Waals surface area contributed by atoms with Gasteiger partial charge in [0, 0.05) is 22.5 Å². The molecule has 0 radical (unpaired) electrons. The van der Waals surface area contributed by atoms with E-state index in [1.807, 2.05) is 50.2 Å². The van der Waals surface area contributed by atoms with Crippen LogP contribution in [0.2, 0.25) is 0 Å². The first kappa shape index (κ1) is 19.7. The number of pyridine rings is 1. The number of ether oxygens (including phenoxy) is 2. The van der Waals surface area contributed by atoms with Crippen molar-refractivity contribution in [3.05, 3.63) is 59.8 Å². The van der Waals surface area contributed by atoms with Crippen molar-refractivity contribution in [2.75, 3.05) is 18.5 Å². The molecule has 0 saturated carbocycles. The second-order valence-electron chi connectivity index (χ2n) is 6.61. The molecule has 28 heavy (non-hydrogen) atoms. The van der Waals surface area contributed by atoms with Gasteiger partial charge in [-0.1, -0.05) is 13.3 Å². The molecular formula is C23H26N2O3. The SMILES string of the molecule is CCCCOC(=O)c1ccc(Nc2cc(C)nc3ccc(OCC)cc23)cc1. The van der Waals surface area contributed by atoms with Crippen molar-refractivity contribution in [3.8, 4) is 5.75 Å². The minimum Gasteiger partial charge on any atom is -0.494 e. The summed E-state index contributed by atoms with van der Waals surface area (Å²) < 4.78 is 10.9. The molecule has 1 aromatic heterocycles. The lowest BCUT2D eigenvalue weighted by molar-refractivity contribution is 0.0500. The summed E-state index contributed by atoms with van der Waals surface area (Å²) in [5.41, 5.74) is 4.22. The first-order chi connectivity index (χ1) is 13.6. The van der Waals surface area contributed by atoms with E-state index in [4.69, 9.17) is 9.47 Å². The zero-order valence-electron chi connectivity index (χ0n) is 16.6. The highest BCUT2D eigenvalue weighted by molar-refractivity contribution is 5.94. The molecule has 2 aromatic carbocycles. The number of fused-ring (bicyclic) bond motifs is 1. The molecule has 0 aliphatic rings. The van der Waals surface area contributed by atoms with E-state index in [0.29, 0.717) is 18.8 Å². The van der Waals surface area contributed by atoms with Gasteiger partial charge >= 0.3 is 5.97 Å². The Bertz CT molecular complexity index is 952. The molecule has 1 N–H and O–H groups in total. The third-order valence-electron chi connectivity index (χ3n) is 4.35. The van der Waals surface area contributed by atoms with Crippen LogP contribution in [0.5, 0.6) is 5.75 Å². The lowest BCUT2D eigenvalue weighted by Crippen LogP contribution is -2.06. The van der Waals surface area contributed by atoms with E-state index in [2.05, 4.69) is 17.2 Å². The van der Waals surface area contributed by atoms with E-state index in [9.17, 15) is 4.79 Å². The number of esters is 1. The summed E-state index contributed by atoms with van der Waals surface area (Å²) in [7, 11) is 0. The molecule has 1 heterocycles. The number of aromatic nitrogens is 1. The quantitative estimate of drug-likeness (QED) is 0.406. The Labute approximate surface area is 165 Å². The molecule has 146 valence electrons. The van der Waals surface area contributed by atoms with Crippen LogP contribution < -0.4 is 10.1 Å². The molecule has 0 saturated heterocycles. The van der Waals surface area contributed by atoms with Crippen LogP contribution in [0, 0.1) is 6.92 Å². The van der Waals surface area contributed by atoms with Crippen LogP contribution in [0.3, 0.4) is 0 Å². The summed E-state index contributed by atoms with van der Waals surface area (Å²) in [6, 6.07) is 15.2. The smallest absolute Gasteiger partial charge is 0.338 e. The average molecular weight is 378 g/mol. The van der Waals surface area contributed by atoms with Gasteiger partial charge in [-0.15, -0.1) is 0 Å². The molecule has 0 fully saturated rings. The summed E-state index contributed by atoms with van der Waals surface area (Å²) in [6.45, 7) is 7.07. The molecule has 0 aliphatic carbocycles. The first-order valence-corrected chi connectivity index (χ1v) is 9.69. The Morgan fingerprint density at radius 2 is 1.86 bits per heavy atom. The van der Waals surface area contributed by atoms with Gasteiger partial charge < -0.3 is 14.8 Å². The van der Waals surface area contributed by atoms with E-state index in [0.717, 1.165) is 46.6 Å². The number of aryl methyl sites for hydroxylation is 1. The standard InChI is InChI=1S/C23H26N2O3/c1-4-6-13-28-23(26)17-7-9-18(10-8-17)25-22-14-16(3)24-21-12-11-19(27-5-2)15-20(21)22/h7-12,14-15H,4-6,13H2,1-3H3,(H,24,25). The molecule has 0 amide bonds. The van der Waals surface area contributed by atoms with Gasteiger partial charge in [0.1, 0.15) is 5.75 Å². The van der Waals surface area contributed by atoms with Gasteiger partial charge in [-0.3, -0.25) is 4.98 Å². The summed E-state index contributed by atoms with van der Waals surface area (Å²) in [4.78, 5) is 16.6. The summed E-state index contributed by atoms with van der Waals surface area (Å²) in [6.07, 6.45) is 1.88. The molecule has 0 spiro atoms. The highest BCUT2D eigenvalue weighted by Crippen LogP contribution is 2.29. The molecule has 0 unspecified atom stereocenters. The molecule has 5 heteroatoms. The summed E-state index contributed by atoms with van der Waals surface area (Å²) >= 11 is 0. The third-order valence-corrected chi connectivity index (χ3v) is 4.35. The number of anilines is 2. The van der Waals surface area contributed by atoms with Crippen molar-refractivity contribution in [1.29, 1.82) is 0 Å². The number of hydrogen-bond acceptors (Lipinski definition) is 5. The van der Waals surface area contributed by atoms with Crippen LogP contribution in [0.1, 0.15) is 42.7 Å². The Balaban J connectivity index is 1.81. The Morgan fingerprint density at radius 1 is 1.07 bits per heavy atom. The Kier molecular flexibility index (Phi) is 6.48. The van der Waals surface area contributed by atoms with Crippen LogP contribution in [0.25, 0.3) is 10.9 Å². The van der Waals surface area contributed by atoms with Crippen molar-refractivity contribution < 1.29 is 14.3 Å². The minimum atomic E-state index is -0.286. The van der Waals surface area contributed by atoms with E-state index in [1.165, 1.54) is 0 Å². The zero-order chi connectivity index (χ0) is 19.9. The van der Waals surface area contributed by atoms with E-state index in [1.54, 1.807) is 12.1 Å². The predicted octanol–water partition coefficient (Wildman–Crippen LogP) is 5.64. The molecule has 3 aromatic rings. The second kappa shape index (κ2) is 9.22. The van der Waals surface area contributed by atoms with Gasteiger partial charge in [-0.05, 0) is 68.8 Å². The fourth-order valence-electron chi connectivity index (χ4n) is 2.93. The van der Waals surface area contributed by atoms with Gasteiger partial charge in [0.2, 0.25) is 0 Å². The molecule has 3 rings (SSSR count). The number of benzene rings is 2. The third kappa shape index (κ3) is 4.80. The number of rotatable bonds is 8. The van der Waals surface area contributed by atoms with E-state index >= 15 is 0 Å². The van der Waals surface area contributed by atoms with Crippen LogP contribution in [0.15, 0.2) is 48.5 Å². The lowest BCUT2D eigenvalue weighted by Gasteiger charge is -2.13. The molecular weight excluding hydrogens is 352 g/mol. The largest absolute Gasteiger partial charge is 0.494 e. The Morgan fingerprint density at radius 3 is 2.57 bits per heavy atom. The predicted molar refractivity (Wildman–Crippen MR) is 113 cm³/mol. The normalized spacial score (nSPS) is 10.7. The fourth-order valence-corrected chi connectivity index (χ4v) is 2.93. The number of unbranched alkanes of at least 4 members (excludes halogenated alkanes) is 1. The first-order valence-electron chi connectivity index (χ1n) is 9.69. The number of carbonyl (C=O) groups excluding carboxylic acids is 1. The highest BCUT2D eigenvalue weighted by atomic mass is 16.5. The van der Waals surface area contributed by atoms with Crippen molar-refractivity contribution in [1.82, 2.24) is 4.98 Å². The van der Waals surface area contributed by atoms with E-state index in [-0.39, 0.29) is 5.97 Å². The fraction of sp³-hybridized carbons (Fsp3) is 0.304. The Hall–Kier alpha value is -3.08. The van der Waals surface area contributed by atoms with Gasteiger partial charge in [0.15, 0.2) is 0 Å². The van der Waals surface area contributed by atoms with Crippen molar-refractivity contribution >= 4 is 28.2 Å². The van der Waals surface area contributed by atoms with Crippen molar-refractivity contribution in [2.45, 2.75) is 33.6 Å². The topological polar surface area (TPSA) is 60.5 Å². The second-order valence-corrected chi connectivity index (χ2v) is 6.61. The van der Waals surface area contributed by atoms with Gasteiger partial charge in [-0.2, -0.15) is 0 Å². The van der Waals surface area contributed by atoms with Gasteiger partial charge in [0.25, 0.3) is 0 Å². The van der Waals surface area contributed by atoms with Gasteiger partial charge in [0.05, 0.1) is 24.3 Å².